The number of nitrogens with one attached hydrogen (secondary N) is 1. The van der Waals surface area contributed by atoms with Crippen LogP contribution in [0.25, 0.3) is 6.08 Å². The summed E-state index contributed by atoms with van der Waals surface area (Å²) in [6.45, 7) is 0.224. The monoisotopic (exact) mass is 436 g/mol. The highest BCUT2D eigenvalue weighted by Crippen LogP contribution is 2.32. The topological polar surface area (TPSA) is 49.4 Å². The van der Waals surface area contributed by atoms with Crippen molar-refractivity contribution >= 4 is 75.1 Å². The van der Waals surface area contributed by atoms with Crippen LogP contribution in [0.5, 0.6) is 0 Å². The summed E-state index contributed by atoms with van der Waals surface area (Å²) < 4.78 is 0.444. The number of carbonyl (C=O) groups excluding carboxylic acids is 2. The molecule has 138 valence electrons. The summed E-state index contributed by atoms with van der Waals surface area (Å²) in [5.41, 5.74) is 1.51. The zero-order valence-electron chi connectivity index (χ0n) is 13.9. The molecule has 2 aromatic rings. The average molecular weight is 437 g/mol. The molecule has 1 heterocycles. The molecule has 0 aromatic heterocycles. The fraction of sp³-hybridized carbons (Fsp3) is 0.105. The van der Waals surface area contributed by atoms with Crippen molar-refractivity contribution in [1.29, 1.82) is 0 Å². The first-order valence-corrected chi connectivity index (χ1v) is 9.97. The van der Waals surface area contributed by atoms with Crippen molar-refractivity contribution in [3.63, 3.8) is 0 Å². The molecule has 1 fully saturated rings. The first-order valence-electron chi connectivity index (χ1n) is 7.99. The zero-order valence-corrected chi connectivity index (χ0v) is 17.1. The van der Waals surface area contributed by atoms with E-state index in [0.717, 1.165) is 5.56 Å². The summed E-state index contributed by atoms with van der Waals surface area (Å²) in [6, 6.07) is 14.0. The molecule has 8 heteroatoms. The summed E-state index contributed by atoms with van der Waals surface area (Å²) in [6.07, 6.45) is 1.91. The second-order valence-corrected chi connectivity index (χ2v) is 8.24. The standard InChI is InChI=1S/C19H14Cl2N2O2S2/c20-13-3-1-12(2-4-13)11-16-18(25)23(19(26)27-16)10-9-17(24)22-15-7-5-14(21)6-8-15/h1-8,11H,9-10H2,(H,22,24)/b16-11-. The third kappa shape index (κ3) is 5.32. The summed E-state index contributed by atoms with van der Waals surface area (Å²) in [4.78, 5) is 26.7. The fourth-order valence-corrected chi connectivity index (χ4v) is 3.93. The number of amides is 2. The van der Waals surface area contributed by atoms with Gasteiger partial charge >= 0.3 is 0 Å². The first-order chi connectivity index (χ1) is 12.9. The quantitative estimate of drug-likeness (QED) is 0.515. The molecular weight excluding hydrogens is 423 g/mol. The van der Waals surface area contributed by atoms with Crippen LogP contribution in [0.15, 0.2) is 53.4 Å². The minimum atomic E-state index is -0.201. The number of nitrogens with zero attached hydrogens (tertiary/aromatic N) is 1. The highest BCUT2D eigenvalue weighted by atomic mass is 35.5. The Morgan fingerprint density at radius 1 is 1.07 bits per heavy atom. The van der Waals surface area contributed by atoms with Crippen LogP contribution in [0.3, 0.4) is 0 Å². The van der Waals surface area contributed by atoms with Gasteiger partial charge in [-0.05, 0) is 48.0 Å². The van der Waals surface area contributed by atoms with E-state index in [-0.39, 0.29) is 24.8 Å². The highest BCUT2D eigenvalue weighted by molar-refractivity contribution is 8.26. The highest BCUT2D eigenvalue weighted by Gasteiger charge is 2.32. The van der Waals surface area contributed by atoms with Gasteiger partial charge in [0.1, 0.15) is 4.32 Å². The summed E-state index contributed by atoms with van der Waals surface area (Å²) in [5.74, 6) is -0.396. The third-order valence-corrected chi connectivity index (χ3v) is 5.61. The van der Waals surface area contributed by atoms with E-state index in [1.165, 1.54) is 16.7 Å². The van der Waals surface area contributed by atoms with Crippen molar-refractivity contribution in [3.05, 3.63) is 69.0 Å². The van der Waals surface area contributed by atoms with E-state index in [4.69, 9.17) is 35.4 Å². The number of rotatable bonds is 5. The van der Waals surface area contributed by atoms with Gasteiger partial charge in [0.2, 0.25) is 5.91 Å². The molecule has 0 radical (unpaired) electrons. The molecule has 1 saturated heterocycles. The molecule has 4 nitrogen and oxygen atoms in total. The molecule has 1 N–H and O–H groups in total. The van der Waals surface area contributed by atoms with Gasteiger partial charge in [-0.15, -0.1) is 0 Å². The van der Waals surface area contributed by atoms with Crippen molar-refractivity contribution in [2.75, 3.05) is 11.9 Å². The van der Waals surface area contributed by atoms with Crippen LogP contribution >= 0.6 is 47.2 Å². The zero-order chi connectivity index (χ0) is 19.4. The number of benzene rings is 2. The molecule has 2 amide bonds. The van der Waals surface area contributed by atoms with Crippen molar-refractivity contribution in [1.82, 2.24) is 4.90 Å². The van der Waals surface area contributed by atoms with Crippen LogP contribution in [0.1, 0.15) is 12.0 Å². The Balaban J connectivity index is 1.59. The van der Waals surface area contributed by atoms with Crippen LogP contribution < -0.4 is 5.32 Å². The number of halogens is 2. The Kier molecular flexibility index (Phi) is 6.55. The smallest absolute Gasteiger partial charge is 0.266 e. The molecule has 0 aliphatic carbocycles. The van der Waals surface area contributed by atoms with E-state index < -0.39 is 0 Å². The lowest BCUT2D eigenvalue weighted by Gasteiger charge is -2.14. The van der Waals surface area contributed by atoms with E-state index >= 15 is 0 Å². The Morgan fingerprint density at radius 3 is 2.30 bits per heavy atom. The molecule has 0 atom stereocenters. The van der Waals surface area contributed by atoms with Crippen molar-refractivity contribution in [2.45, 2.75) is 6.42 Å². The number of hydrogen-bond donors (Lipinski definition) is 1. The number of hydrogen-bond acceptors (Lipinski definition) is 4. The maximum absolute atomic E-state index is 12.6. The molecular formula is C19H14Cl2N2O2S2. The van der Waals surface area contributed by atoms with Crippen molar-refractivity contribution in [3.8, 4) is 0 Å². The Labute approximate surface area is 176 Å². The lowest BCUT2D eigenvalue weighted by atomic mass is 10.2. The maximum atomic E-state index is 12.6. The van der Waals surface area contributed by atoms with Gasteiger partial charge in [-0.2, -0.15) is 0 Å². The average Bonchev–Trinajstić information content (AvgIpc) is 2.90. The molecule has 1 aliphatic heterocycles. The van der Waals surface area contributed by atoms with Gasteiger partial charge in [-0.1, -0.05) is 59.3 Å². The van der Waals surface area contributed by atoms with Crippen molar-refractivity contribution in [2.24, 2.45) is 0 Å². The van der Waals surface area contributed by atoms with Crippen LogP contribution in [0.4, 0.5) is 5.69 Å². The SMILES string of the molecule is O=C(CCN1C(=O)/C(=C/c2ccc(Cl)cc2)SC1=S)Nc1ccc(Cl)cc1. The normalized spacial score (nSPS) is 15.5. The van der Waals surface area contributed by atoms with Crippen LogP contribution in [0.2, 0.25) is 10.0 Å². The lowest BCUT2D eigenvalue weighted by molar-refractivity contribution is -0.122. The molecule has 1 aliphatic rings. The number of thioether (sulfide) groups is 1. The van der Waals surface area contributed by atoms with Gasteiger partial charge in [0.05, 0.1) is 4.91 Å². The van der Waals surface area contributed by atoms with Crippen LogP contribution in [0, 0.1) is 0 Å². The summed E-state index contributed by atoms with van der Waals surface area (Å²) in [7, 11) is 0. The van der Waals surface area contributed by atoms with E-state index in [2.05, 4.69) is 5.32 Å². The number of thiocarbonyl (C=S) groups is 1. The molecule has 0 saturated carbocycles. The number of anilines is 1. The van der Waals surface area contributed by atoms with E-state index in [0.29, 0.717) is 25.0 Å². The van der Waals surface area contributed by atoms with Crippen LogP contribution in [-0.2, 0) is 9.59 Å². The van der Waals surface area contributed by atoms with Gasteiger partial charge < -0.3 is 5.32 Å². The molecule has 0 bridgehead atoms. The minimum absolute atomic E-state index is 0.142. The Bertz CT molecular complexity index is 912. The van der Waals surface area contributed by atoms with Gasteiger partial charge in [-0.25, -0.2) is 0 Å². The Morgan fingerprint density at radius 2 is 1.67 bits per heavy atom. The van der Waals surface area contributed by atoms with E-state index in [1.54, 1.807) is 42.5 Å². The molecule has 0 unspecified atom stereocenters. The second kappa shape index (κ2) is 8.89. The molecule has 3 rings (SSSR count). The molecule has 0 spiro atoms. The van der Waals surface area contributed by atoms with E-state index in [9.17, 15) is 9.59 Å². The largest absolute Gasteiger partial charge is 0.326 e. The van der Waals surface area contributed by atoms with Gasteiger partial charge in [-0.3, -0.25) is 14.5 Å². The van der Waals surface area contributed by atoms with E-state index in [1.807, 2.05) is 12.1 Å². The Hall–Kier alpha value is -1.86. The first kappa shape index (κ1) is 19.9. The lowest BCUT2D eigenvalue weighted by Crippen LogP contribution is -2.31. The van der Waals surface area contributed by atoms with Crippen LogP contribution in [-0.4, -0.2) is 27.6 Å². The summed E-state index contributed by atoms with van der Waals surface area (Å²) >= 11 is 18.2. The third-order valence-electron chi connectivity index (χ3n) is 3.73. The fourth-order valence-electron chi connectivity index (χ4n) is 2.37. The second-order valence-electron chi connectivity index (χ2n) is 5.69. The molecule has 2 aromatic carbocycles. The summed E-state index contributed by atoms with van der Waals surface area (Å²) in [5, 5.41) is 3.99. The molecule has 27 heavy (non-hydrogen) atoms. The predicted molar refractivity (Wildman–Crippen MR) is 116 cm³/mol. The van der Waals surface area contributed by atoms with Gasteiger partial charge in [0.15, 0.2) is 0 Å². The van der Waals surface area contributed by atoms with Gasteiger partial charge in [0, 0.05) is 28.7 Å². The predicted octanol–water partition coefficient (Wildman–Crippen LogP) is 5.22. The minimum Gasteiger partial charge on any atom is -0.326 e. The number of carbonyl (C=O) groups is 2. The van der Waals surface area contributed by atoms with Crippen molar-refractivity contribution < 1.29 is 9.59 Å². The van der Waals surface area contributed by atoms with Gasteiger partial charge in [0.25, 0.3) is 5.91 Å². The maximum Gasteiger partial charge on any atom is 0.266 e.